The fourth-order valence-electron chi connectivity index (χ4n) is 2.24. The Kier molecular flexibility index (Phi) is 1.91. The molecule has 2 aliphatic rings. The van der Waals surface area contributed by atoms with E-state index >= 15 is 0 Å². The van der Waals surface area contributed by atoms with E-state index in [1.807, 2.05) is 0 Å². The normalized spacial score (nSPS) is 40.4. The lowest BCUT2D eigenvalue weighted by Gasteiger charge is -2.36. The van der Waals surface area contributed by atoms with E-state index in [2.05, 4.69) is 6.92 Å². The Hall–Kier alpha value is -0.790. The lowest BCUT2D eigenvalue weighted by molar-refractivity contribution is -0.127. The zero-order chi connectivity index (χ0) is 8.55. The van der Waals surface area contributed by atoms with Gasteiger partial charge in [0.25, 0.3) is 0 Å². The van der Waals surface area contributed by atoms with Gasteiger partial charge >= 0.3 is 0 Å². The molecule has 1 saturated carbocycles. The molecular weight excluding hydrogens is 152 g/mol. The first kappa shape index (κ1) is 7.84. The zero-order valence-electron chi connectivity index (χ0n) is 7.32. The van der Waals surface area contributed by atoms with Crippen LogP contribution >= 0.6 is 0 Å². The highest BCUT2D eigenvalue weighted by molar-refractivity contribution is 5.92. The summed E-state index contributed by atoms with van der Waals surface area (Å²) in [6.45, 7) is 2.17. The molecule has 1 heterocycles. The molecule has 0 aromatic carbocycles. The van der Waals surface area contributed by atoms with Crippen LogP contribution in [0, 0.1) is 11.8 Å². The first-order valence-corrected chi connectivity index (χ1v) is 4.65. The second-order valence-corrected chi connectivity index (χ2v) is 3.82. The standard InChI is InChI=1S/C10H14O2/c1-7-3-2-4-8-9(11)5-6-12-10(7)8/h5-8,10H,2-4H2,1H3. The lowest BCUT2D eigenvalue weighted by atomic mass is 9.77. The summed E-state index contributed by atoms with van der Waals surface area (Å²) in [7, 11) is 0. The number of hydrogen-bond donors (Lipinski definition) is 0. The third kappa shape index (κ3) is 1.15. The van der Waals surface area contributed by atoms with E-state index in [0.29, 0.717) is 5.92 Å². The van der Waals surface area contributed by atoms with Crippen LogP contribution in [0.25, 0.3) is 0 Å². The zero-order valence-corrected chi connectivity index (χ0v) is 7.32. The summed E-state index contributed by atoms with van der Waals surface area (Å²) in [5.41, 5.74) is 0. The Morgan fingerprint density at radius 1 is 1.50 bits per heavy atom. The molecule has 0 aromatic heterocycles. The molecule has 2 heteroatoms. The van der Waals surface area contributed by atoms with Crippen molar-refractivity contribution in [3.05, 3.63) is 12.3 Å². The van der Waals surface area contributed by atoms with Crippen molar-refractivity contribution in [2.45, 2.75) is 32.3 Å². The summed E-state index contributed by atoms with van der Waals surface area (Å²) in [6, 6.07) is 0. The Bertz CT molecular complexity index is 220. The van der Waals surface area contributed by atoms with Gasteiger partial charge in [0, 0.05) is 6.08 Å². The Morgan fingerprint density at radius 2 is 2.33 bits per heavy atom. The molecule has 1 fully saturated rings. The molecular formula is C10H14O2. The molecule has 3 atom stereocenters. The molecule has 0 aromatic rings. The maximum atomic E-state index is 11.4. The summed E-state index contributed by atoms with van der Waals surface area (Å²) < 4.78 is 5.46. The van der Waals surface area contributed by atoms with E-state index in [1.54, 1.807) is 12.3 Å². The van der Waals surface area contributed by atoms with Gasteiger partial charge < -0.3 is 4.74 Å². The largest absolute Gasteiger partial charge is 0.497 e. The topological polar surface area (TPSA) is 26.3 Å². The van der Waals surface area contributed by atoms with Crippen molar-refractivity contribution in [3.63, 3.8) is 0 Å². The van der Waals surface area contributed by atoms with Crippen LogP contribution < -0.4 is 0 Å². The van der Waals surface area contributed by atoms with Gasteiger partial charge in [0.1, 0.15) is 6.10 Å². The van der Waals surface area contributed by atoms with Crippen LogP contribution in [0.2, 0.25) is 0 Å². The number of carbonyl (C=O) groups excluding carboxylic acids is 1. The lowest BCUT2D eigenvalue weighted by Crippen LogP contribution is -2.39. The number of ether oxygens (including phenoxy) is 1. The minimum Gasteiger partial charge on any atom is -0.497 e. The molecule has 1 aliphatic heterocycles. The number of allylic oxidation sites excluding steroid dienone is 1. The van der Waals surface area contributed by atoms with Crippen molar-refractivity contribution in [3.8, 4) is 0 Å². The summed E-state index contributed by atoms with van der Waals surface area (Å²) >= 11 is 0. The molecule has 0 bridgehead atoms. The molecule has 0 radical (unpaired) electrons. The van der Waals surface area contributed by atoms with E-state index in [-0.39, 0.29) is 17.8 Å². The highest BCUT2D eigenvalue weighted by Crippen LogP contribution is 2.34. The smallest absolute Gasteiger partial charge is 0.165 e. The van der Waals surface area contributed by atoms with E-state index in [0.717, 1.165) is 6.42 Å². The van der Waals surface area contributed by atoms with Crippen LogP contribution in [-0.2, 0) is 9.53 Å². The first-order valence-electron chi connectivity index (χ1n) is 4.65. The average Bonchev–Trinajstić information content (AvgIpc) is 2.07. The summed E-state index contributed by atoms with van der Waals surface area (Å²) in [4.78, 5) is 11.4. The van der Waals surface area contributed by atoms with Gasteiger partial charge in [0.05, 0.1) is 12.2 Å². The van der Waals surface area contributed by atoms with Crippen LogP contribution in [0.3, 0.4) is 0 Å². The minimum atomic E-state index is 0.152. The molecule has 2 nitrogen and oxygen atoms in total. The maximum absolute atomic E-state index is 11.4. The number of hydrogen-bond acceptors (Lipinski definition) is 2. The average molecular weight is 166 g/mol. The Labute approximate surface area is 72.6 Å². The number of carbonyl (C=O) groups is 1. The van der Waals surface area contributed by atoms with Crippen LogP contribution in [0.5, 0.6) is 0 Å². The van der Waals surface area contributed by atoms with Crippen LogP contribution in [0.15, 0.2) is 12.3 Å². The molecule has 0 spiro atoms. The van der Waals surface area contributed by atoms with Crippen molar-refractivity contribution >= 4 is 5.78 Å². The second kappa shape index (κ2) is 2.92. The molecule has 0 amide bonds. The van der Waals surface area contributed by atoms with E-state index in [9.17, 15) is 4.79 Å². The van der Waals surface area contributed by atoms with E-state index < -0.39 is 0 Å². The quantitative estimate of drug-likeness (QED) is 0.549. The number of ketones is 1. The van der Waals surface area contributed by atoms with Gasteiger partial charge in [-0.3, -0.25) is 4.79 Å². The van der Waals surface area contributed by atoms with Crippen LogP contribution in [-0.4, -0.2) is 11.9 Å². The van der Waals surface area contributed by atoms with Gasteiger partial charge in [0.2, 0.25) is 0 Å². The molecule has 12 heavy (non-hydrogen) atoms. The molecule has 3 unspecified atom stereocenters. The summed E-state index contributed by atoms with van der Waals surface area (Å²) in [6.07, 6.45) is 6.67. The number of rotatable bonds is 0. The molecule has 0 saturated heterocycles. The molecule has 1 aliphatic carbocycles. The molecule has 0 N–H and O–H groups in total. The van der Waals surface area contributed by atoms with Crippen LogP contribution in [0.4, 0.5) is 0 Å². The monoisotopic (exact) mass is 166 g/mol. The van der Waals surface area contributed by atoms with Crippen molar-refractivity contribution in [2.24, 2.45) is 11.8 Å². The third-order valence-electron chi connectivity index (χ3n) is 2.97. The Balaban J connectivity index is 2.18. The van der Waals surface area contributed by atoms with Crippen molar-refractivity contribution in [2.75, 3.05) is 0 Å². The van der Waals surface area contributed by atoms with Crippen molar-refractivity contribution in [1.29, 1.82) is 0 Å². The molecule has 2 rings (SSSR count). The number of fused-ring (bicyclic) bond motifs is 1. The fourth-order valence-corrected chi connectivity index (χ4v) is 2.24. The highest BCUT2D eigenvalue weighted by atomic mass is 16.5. The Morgan fingerprint density at radius 3 is 3.08 bits per heavy atom. The third-order valence-corrected chi connectivity index (χ3v) is 2.97. The van der Waals surface area contributed by atoms with Gasteiger partial charge in [-0.25, -0.2) is 0 Å². The summed E-state index contributed by atoms with van der Waals surface area (Å²) in [5.74, 6) is 0.953. The second-order valence-electron chi connectivity index (χ2n) is 3.82. The molecule has 66 valence electrons. The summed E-state index contributed by atoms with van der Waals surface area (Å²) in [5, 5.41) is 0. The first-order chi connectivity index (χ1) is 5.79. The SMILES string of the molecule is CC1CCCC2C(=O)C=COC12. The van der Waals surface area contributed by atoms with Gasteiger partial charge in [-0.2, -0.15) is 0 Å². The van der Waals surface area contributed by atoms with Gasteiger partial charge in [0.15, 0.2) is 5.78 Å². The fraction of sp³-hybridized carbons (Fsp3) is 0.700. The van der Waals surface area contributed by atoms with E-state index in [1.165, 1.54) is 12.8 Å². The van der Waals surface area contributed by atoms with Gasteiger partial charge in [-0.05, 0) is 18.8 Å². The van der Waals surface area contributed by atoms with Crippen molar-refractivity contribution < 1.29 is 9.53 Å². The highest BCUT2D eigenvalue weighted by Gasteiger charge is 2.37. The predicted octanol–water partition coefficient (Wildman–Crippen LogP) is 1.90. The van der Waals surface area contributed by atoms with Crippen LogP contribution in [0.1, 0.15) is 26.2 Å². The van der Waals surface area contributed by atoms with Gasteiger partial charge in [-0.15, -0.1) is 0 Å². The van der Waals surface area contributed by atoms with Crippen molar-refractivity contribution in [1.82, 2.24) is 0 Å². The minimum absolute atomic E-state index is 0.152. The van der Waals surface area contributed by atoms with Gasteiger partial charge in [-0.1, -0.05) is 13.3 Å². The van der Waals surface area contributed by atoms with E-state index in [4.69, 9.17) is 4.74 Å². The maximum Gasteiger partial charge on any atom is 0.165 e. The predicted molar refractivity (Wildman–Crippen MR) is 45.5 cm³/mol.